The number of sulfonamides is 1. The summed E-state index contributed by atoms with van der Waals surface area (Å²) in [6.45, 7) is 10.6. The van der Waals surface area contributed by atoms with Crippen LogP contribution in [0.4, 0.5) is 4.39 Å². The van der Waals surface area contributed by atoms with Crippen molar-refractivity contribution >= 4 is 15.9 Å². The molecule has 0 unspecified atom stereocenters. The topological polar surface area (TPSA) is 84.5 Å². The lowest BCUT2D eigenvalue weighted by Gasteiger charge is -2.20. The molecule has 0 aliphatic heterocycles. The van der Waals surface area contributed by atoms with Gasteiger partial charge in [-0.3, -0.25) is 10.2 Å². The van der Waals surface area contributed by atoms with Gasteiger partial charge in [-0.2, -0.15) is 0 Å². The van der Waals surface area contributed by atoms with Crippen molar-refractivity contribution in [3.8, 4) is 5.75 Å². The SMILES string of the molecule is Cc1c(C)c(C)c(S(=O)(=O)NNC(=O)[C@@H](C)Oc2ccc(F)cc2)c(C)c1C. The van der Waals surface area contributed by atoms with Gasteiger partial charge in [0.1, 0.15) is 11.6 Å². The number of carbonyl (C=O) groups is 1. The molecule has 2 aromatic rings. The summed E-state index contributed by atoms with van der Waals surface area (Å²) < 4.78 is 43.9. The molecule has 2 N–H and O–H groups in total. The Hall–Kier alpha value is -2.45. The first-order valence-corrected chi connectivity index (χ1v) is 10.2. The van der Waals surface area contributed by atoms with Crippen LogP contribution in [0.3, 0.4) is 0 Å². The molecule has 0 spiro atoms. The van der Waals surface area contributed by atoms with Crippen molar-refractivity contribution in [3.63, 3.8) is 0 Å². The number of carbonyl (C=O) groups excluding carboxylic acids is 1. The third-order valence-electron chi connectivity index (χ3n) is 5.00. The van der Waals surface area contributed by atoms with E-state index in [0.29, 0.717) is 16.9 Å². The van der Waals surface area contributed by atoms with E-state index in [1.807, 2.05) is 20.8 Å². The quantitative estimate of drug-likeness (QED) is 0.719. The van der Waals surface area contributed by atoms with Crippen LogP contribution in [0, 0.1) is 40.4 Å². The summed E-state index contributed by atoms with van der Waals surface area (Å²) in [5, 5.41) is 0. The van der Waals surface area contributed by atoms with E-state index in [-0.39, 0.29) is 4.90 Å². The van der Waals surface area contributed by atoms with Crippen LogP contribution in [0.25, 0.3) is 0 Å². The predicted octanol–water partition coefficient (Wildman–Crippen LogP) is 3.14. The molecular weight excluding hydrogens is 383 g/mol. The van der Waals surface area contributed by atoms with Crippen molar-refractivity contribution in [2.75, 3.05) is 0 Å². The lowest BCUT2D eigenvalue weighted by Crippen LogP contribution is -2.47. The maximum atomic E-state index is 12.9. The van der Waals surface area contributed by atoms with Crippen LogP contribution in [-0.4, -0.2) is 20.4 Å². The largest absolute Gasteiger partial charge is 0.481 e. The summed E-state index contributed by atoms with van der Waals surface area (Å²) in [7, 11) is -3.98. The standard InChI is InChI=1S/C20H25FN2O4S/c1-11-12(2)14(4)19(15(5)13(11)3)28(25,26)23-22-20(24)16(6)27-18-9-7-17(21)8-10-18/h7-10,16,23H,1-6H3,(H,22,24)/t16-/m1/s1. The van der Waals surface area contributed by atoms with E-state index >= 15 is 0 Å². The smallest absolute Gasteiger partial charge is 0.275 e. The molecule has 2 rings (SSSR count). The third-order valence-corrected chi connectivity index (χ3v) is 6.52. The minimum absolute atomic E-state index is 0.153. The highest BCUT2D eigenvalue weighted by Gasteiger charge is 2.25. The Morgan fingerprint density at radius 1 is 0.929 bits per heavy atom. The monoisotopic (exact) mass is 408 g/mol. The summed E-state index contributed by atoms with van der Waals surface area (Å²) in [6, 6.07) is 5.17. The molecule has 0 saturated carbocycles. The second-order valence-corrected chi connectivity index (χ2v) is 8.38. The lowest BCUT2D eigenvalue weighted by molar-refractivity contribution is -0.127. The summed E-state index contributed by atoms with van der Waals surface area (Å²) in [6.07, 6.45) is -0.989. The van der Waals surface area contributed by atoms with Gasteiger partial charge in [-0.05, 0) is 93.6 Å². The van der Waals surface area contributed by atoms with Crippen LogP contribution in [0.15, 0.2) is 29.2 Å². The molecule has 152 valence electrons. The Labute approximate surface area is 165 Å². The number of nitrogens with one attached hydrogen (secondary N) is 2. The summed E-state index contributed by atoms with van der Waals surface area (Å²) in [5.41, 5.74) is 6.28. The van der Waals surface area contributed by atoms with Crippen LogP contribution in [0.5, 0.6) is 5.75 Å². The average Bonchev–Trinajstić information content (AvgIpc) is 2.64. The van der Waals surface area contributed by atoms with E-state index in [1.54, 1.807) is 13.8 Å². The Morgan fingerprint density at radius 3 is 1.89 bits per heavy atom. The van der Waals surface area contributed by atoms with E-state index in [1.165, 1.54) is 31.2 Å². The van der Waals surface area contributed by atoms with Gasteiger partial charge < -0.3 is 4.74 Å². The number of halogens is 1. The Kier molecular flexibility index (Phi) is 6.46. The fourth-order valence-corrected chi connectivity index (χ4v) is 4.36. The number of hydrazine groups is 1. The Bertz CT molecular complexity index is 973. The molecule has 8 heteroatoms. The molecule has 0 aromatic heterocycles. The molecule has 0 saturated heterocycles. The van der Waals surface area contributed by atoms with E-state index in [4.69, 9.17) is 4.74 Å². The predicted molar refractivity (Wildman–Crippen MR) is 105 cm³/mol. The minimum Gasteiger partial charge on any atom is -0.481 e. The van der Waals surface area contributed by atoms with Crippen molar-refractivity contribution in [1.82, 2.24) is 10.3 Å². The van der Waals surface area contributed by atoms with Crippen molar-refractivity contribution < 1.29 is 22.3 Å². The van der Waals surface area contributed by atoms with Gasteiger partial charge in [-0.25, -0.2) is 12.8 Å². The number of rotatable bonds is 6. The summed E-state index contributed by atoms with van der Waals surface area (Å²) >= 11 is 0. The van der Waals surface area contributed by atoms with Crippen molar-refractivity contribution in [2.45, 2.75) is 52.5 Å². The molecule has 0 fully saturated rings. The number of ether oxygens (including phenoxy) is 1. The second kappa shape index (κ2) is 8.28. The zero-order chi connectivity index (χ0) is 21.2. The third kappa shape index (κ3) is 4.51. The van der Waals surface area contributed by atoms with Gasteiger partial charge in [0.15, 0.2) is 6.10 Å². The van der Waals surface area contributed by atoms with Gasteiger partial charge in [0.25, 0.3) is 15.9 Å². The fraction of sp³-hybridized carbons (Fsp3) is 0.350. The van der Waals surface area contributed by atoms with Gasteiger partial charge in [-0.1, -0.05) is 0 Å². The van der Waals surface area contributed by atoms with Gasteiger partial charge in [0.05, 0.1) is 4.90 Å². The van der Waals surface area contributed by atoms with E-state index < -0.39 is 27.9 Å². The number of amides is 1. The molecule has 0 bridgehead atoms. The first-order chi connectivity index (χ1) is 13.0. The molecule has 6 nitrogen and oxygen atoms in total. The van der Waals surface area contributed by atoms with E-state index in [9.17, 15) is 17.6 Å². The van der Waals surface area contributed by atoms with E-state index in [0.717, 1.165) is 16.7 Å². The Morgan fingerprint density at radius 2 is 1.39 bits per heavy atom. The first kappa shape index (κ1) is 21.8. The van der Waals surface area contributed by atoms with Crippen LogP contribution in [0.1, 0.15) is 34.7 Å². The molecule has 0 heterocycles. The van der Waals surface area contributed by atoms with Gasteiger partial charge in [0, 0.05) is 0 Å². The molecule has 1 amide bonds. The average molecular weight is 408 g/mol. The molecule has 0 radical (unpaired) electrons. The van der Waals surface area contributed by atoms with Crippen LogP contribution < -0.4 is 15.0 Å². The minimum atomic E-state index is -3.98. The van der Waals surface area contributed by atoms with Crippen molar-refractivity contribution in [3.05, 3.63) is 57.9 Å². The normalized spacial score (nSPS) is 12.5. The van der Waals surface area contributed by atoms with Crippen LogP contribution in [-0.2, 0) is 14.8 Å². The molecule has 0 aliphatic carbocycles. The zero-order valence-corrected chi connectivity index (χ0v) is 17.6. The second-order valence-electron chi connectivity index (χ2n) is 6.76. The maximum Gasteiger partial charge on any atom is 0.275 e. The van der Waals surface area contributed by atoms with Gasteiger partial charge in [0.2, 0.25) is 0 Å². The molecule has 28 heavy (non-hydrogen) atoms. The highest BCUT2D eigenvalue weighted by atomic mass is 32.2. The van der Waals surface area contributed by atoms with Gasteiger partial charge in [-0.15, -0.1) is 4.83 Å². The highest BCUT2D eigenvalue weighted by molar-refractivity contribution is 7.89. The highest BCUT2D eigenvalue weighted by Crippen LogP contribution is 2.29. The fourth-order valence-electron chi connectivity index (χ4n) is 2.91. The molecular formula is C20H25FN2O4S. The summed E-state index contributed by atoms with van der Waals surface area (Å²) in [4.78, 5) is 14.5. The lowest BCUT2D eigenvalue weighted by atomic mass is 9.95. The van der Waals surface area contributed by atoms with Crippen LogP contribution >= 0.6 is 0 Å². The first-order valence-electron chi connectivity index (χ1n) is 8.76. The number of hydrogen-bond acceptors (Lipinski definition) is 4. The Balaban J connectivity index is 2.15. The number of benzene rings is 2. The maximum absolute atomic E-state index is 12.9. The van der Waals surface area contributed by atoms with Crippen molar-refractivity contribution in [2.24, 2.45) is 0 Å². The number of hydrogen-bond donors (Lipinski definition) is 2. The van der Waals surface area contributed by atoms with Crippen molar-refractivity contribution in [1.29, 1.82) is 0 Å². The molecule has 2 aromatic carbocycles. The van der Waals surface area contributed by atoms with Crippen LogP contribution in [0.2, 0.25) is 0 Å². The molecule has 1 atom stereocenters. The summed E-state index contributed by atoms with van der Waals surface area (Å²) in [5.74, 6) is -0.807. The van der Waals surface area contributed by atoms with Gasteiger partial charge >= 0.3 is 0 Å². The molecule has 0 aliphatic rings. The van der Waals surface area contributed by atoms with E-state index in [2.05, 4.69) is 10.3 Å². The zero-order valence-electron chi connectivity index (χ0n) is 16.8.